The minimum atomic E-state index is -4.94. The fraction of sp³-hybridized carbons (Fsp3) is 0.636. The normalized spacial score (nSPS) is 13.9. The summed E-state index contributed by atoms with van der Waals surface area (Å²) in [5, 5.41) is 23.2. The second kappa shape index (κ2) is 14.5. The Morgan fingerprint density at radius 2 is 1.00 bits per heavy atom. The molecule has 0 fully saturated rings. The predicted molar refractivity (Wildman–Crippen MR) is 70.4 cm³/mol. The number of hydrogen-bond acceptors (Lipinski definition) is 10. The zero-order valence-corrected chi connectivity index (χ0v) is 14.9. The first kappa shape index (κ1) is 26.8. The second-order valence-electron chi connectivity index (χ2n) is 4.04. The van der Waals surface area contributed by atoms with Crippen LogP contribution >= 0.6 is 0 Å². The summed E-state index contributed by atoms with van der Waals surface area (Å²) in [5.41, 5.74) is 2.49. The molecule has 138 valence electrons. The molecule has 0 aromatic carbocycles. The fourth-order valence-corrected chi connectivity index (χ4v) is 0.938. The van der Waals surface area contributed by atoms with E-state index >= 15 is 0 Å². The summed E-state index contributed by atoms with van der Waals surface area (Å²) < 4.78 is 34.0. The van der Waals surface area contributed by atoms with Crippen LogP contribution in [0.4, 0.5) is 0 Å². The molecule has 0 rings (SSSR count). The zero-order chi connectivity index (χ0) is 17.8. The average molecular weight is 398 g/mol. The van der Waals surface area contributed by atoms with Gasteiger partial charge in [-0.2, -0.15) is 0 Å². The number of rotatable bonds is 6. The Hall–Kier alpha value is -1.10. The van der Waals surface area contributed by atoms with E-state index in [0.717, 1.165) is 17.8 Å². The summed E-state index contributed by atoms with van der Waals surface area (Å²) in [7, 11) is -4.94. The van der Waals surface area contributed by atoms with Gasteiger partial charge in [0.1, 0.15) is 0 Å². The summed E-state index contributed by atoms with van der Waals surface area (Å²) in [6, 6.07) is 0. The first-order valence-electron chi connectivity index (χ1n) is 6.04. The van der Waals surface area contributed by atoms with Crippen LogP contribution in [-0.4, -0.2) is 46.4 Å². The van der Waals surface area contributed by atoms with Crippen LogP contribution in [0.2, 0.25) is 0 Å². The van der Waals surface area contributed by atoms with Crippen molar-refractivity contribution in [2.45, 2.75) is 34.1 Å². The average Bonchev–Trinajstić information content (AvgIpc) is 2.42. The summed E-state index contributed by atoms with van der Waals surface area (Å²) >= 11 is 0. The Kier molecular flexibility index (Phi) is 16.9. The van der Waals surface area contributed by atoms with Gasteiger partial charge in [0.15, 0.2) is 0 Å². The second-order valence-corrected chi connectivity index (χ2v) is 4.79. The smallest absolute Gasteiger partial charge is 0.0971 e. The maximum Gasteiger partial charge on any atom is 0.0971 e. The Morgan fingerprint density at radius 1 is 0.739 bits per heavy atom. The van der Waals surface area contributed by atoms with E-state index in [1.807, 2.05) is 0 Å². The van der Waals surface area contributed by atoms with E-state index in [0.29, 0.717) is 24.5 Å². The minimum absolute atomic E-state index is 0. The van der Waals surface area contributed by atoms with Crippen LogP contribution in [-0.2, 0) is 16.5 Å². The molecule has 0 aliphatic carbocycles. The summed E-state index contributed by atoms with van der Waals surface area (Å²) in [4.78, 5) is 8.47. The number of nitrogens with zero attached hydrogens (tertiary/aromatic N) is 4. The maximum absolute atomic E-state index is 8.52. The summed E-state index contributed by atoms with van der Waals surface area (Å²) in [6.45, 7) is 8.25. The molecule has 0 aromatic heterocycles. The van der Waals surface area contributed by atoms with E-state index in [4.69, 9.17) is 29.1 Å². The van der Waals surface area contributed by atoms with Crippen molar-refractivity contribution in [3.05, 3.63) is 0 Å². The van der Waals surface area contributed by atoms with Crippen molar-refractivity contribution >= 4 is 22.8 Å². The van der Waals surface area contributed by atoms with Crippen molar-refractivity contribution in [2.75, 3.05) is 13.1 Å². The van der Waals surface area contributed by atoms with Crippen LogP contribution in [0.1, 0.15) is 34.1 Å². The van der Waals surface area contributed by atoms with E-state index in [1.54, 1.807) is 27.7 Å². The van der Waals surface area contributed by atoms with Gasteiger partial charge in [-0.25, -0.2) is 18.6 Å². The predicted octanol–water partition coefficient (Wildman–Crippen LogP) is -2.76. The van der Waals surface area contributed by atoms with Crippen LogP contribution < -0.4 is 18.6 Å². The molecular formula is C11H20ClN4NiO6-. The first-order valence-corrected chi connectivity index (χ1v) is 7.28. The van der Waals surface area contributed by atoms with Crippen molar-refractivity contribution in [2.24, 2.45) is 20.3 Å². The number of oxime groups is 2. The van der Waals surface area contributed by atoms with Gasteiger partial charge in [0.2, 0.25) is 0 Å². The van der Waals surface area contributed by atoms with E-state index in [2.05, 4.69) is 20.3 Å². The molecule has 0 unspecified atom stereocenters. The molecule has 0 saturated heterocycles. The molecule has 0 atom stereocenters. The molecule has 0 saturated carbocycles. The molecule has 0 bridgehead atoms. The van der Waals surface area contributed by atoms with Gasteiger partial charge in [-0.3, -0.25) is 9.98 Å². The van der Waals surface area contributed by atoms with Crippen molar-refractivity contribution in [1.29, 1.82) is 0 Å². The third kappa shape index (κ3) is 20.9. The molecular weight excluding hydrogens is 378 g/mol. The van der Waals surface area contributed by atoms with Crippen molar-refractivity contribution in [3.8, 4) is 0 Å². The standard InChI is InChI=1S/C11H20N4O2.ClHO4.Ni/c1-8(10(3)14-16)12-6-5-7-13-9(2)11(4)15-17;2-1(3,4)5;/h16-17H,5-7H2,1-4H3;(H,2,3,4,5);/p-1/b12-8?,13-9?,14-10+,15-11+;;. The van der Waals surface area contributed by atoms with E-state index < -0.39 is 10.2 Å². The van der Waals surface area contributed by atoms with Crippen LogP contribution in [0.15, 0.2) is 20.3 Å². The molecule has 0 aromatic rings. The van der Waals surface area contributed by atoms with Crippen molar-refractivity contribution < 1.29 is 55.8 Å². The molecule has 0 aliphatic rings. The van der Waals surface area contributed by atoms with Gasteiger partial charge >= 0.3 is 0 Å². The molecule has 2 N–H and O–H groups in total. The molecule has 0 heterocycles. The zero-order valence-electron chi connectivity index (χ0n) is 13.1. The van der Waals surface area contributed by atoms with Gasteiger partial charge in [0, 0.05) is 29.6 Å². The third-order valence-electron chi connectivity index (χ3n) is 2.36. The fourth-order valence-electron chi connectivity index (χ4n) is 0.938. The van der Waals surface area contributed by atoms with Crippen LogP contribution in [0, 0.1) is 10.2 Å². The third-order valence-corrected chi connectivity index (χ3v) is 2.36. The molecule has 0 amide bonds. The first-order chi connectivity index (χ1) is 10.0. The van der Waals surface area contributed by atoms with Gasteiger partial charge in [-0.05, 0) is 34.1 Å². The van der Waals surface area contributed by atoms with E-state index in [-0.39, 0.29) is 16.5 Å². The van der Waals surface area contributed by atoms with E-state index in [1.165, 1.54) is 0 Å². The Morgan fingerprint density at radius 3 is 1.22 bits per heavy atom. The van der Waals surface area contributed by atoms with Crippen LogP contribution in [0.25, 0.3) is 0 Å². The Labute approximate surface area is 146 Å². The van der Waals surface area contributed by atoms with Crippen molar-refractivity contribution in [1.82, 2.24) is 0 Å². The van der Waals surface area contributed by atoms with Gasteiger partial charge in [0.25, 0.3) is 0 Å². The van der Waals surface area contributed by atoms with Gasteiger partial charge in [-0.15, -0.1) is 10.2 Å². The molecule has 10 nitrogen and oxygen atoms in total. The molecule has 0 radical (unpaired) electrons. The van der Waals surface area contributed by atoms with Crippen molar-refractivity contribution in [3.63, 3.8) is 0 Å². The quantitative estimate of drug-likeness (QED) is 0.160. The Bertz CT molecular complexity index is 408. The minimum Gasteiger partial charge on any atom is -0.411 e. The molecule has 12 heteroatoms. The molecule has 0 spiro atoms. The monoisotopic (exact) mass is 397 g/mol. The van der Waals surface area contributed by atoms with Gasteiger partial charge in [0.05, 0.1) is 22.8 Å². The molecule has 0 aliphatic heterocycles. The SMILES string of the molecule is CC(=NCCCN=C(C)/C(C)=N/O)/C(C)=N/O.[Ni].[O-][Cl+3]([O-])([O-])[O-]. The maximum atomic E-state index is 8.52. The summed E-state index contributed by atoms with van der Waals surface area (Å²) in [6.07, 6.45) is 0.798. The largest absolute Gasteiger partial charge is 0.411 e. The topological polar surface area (TPSA) is 182 Å². The summed E-state index contributed by atoms with van der Waals surface area (Å²) in [5.74, 6) is 0. The van der Waals surface area contributed by atoms with Gasteiger partial charge < -0.3 is 10.4 Å². The Balaban J connectivity index is -0.000000578. The number of halogens is 1. The van der Waals surface area contributed by atoms with Crippen LogP contribution in [0.3, 0.4) is 0 Å². The van der Waals surface area contributed by atoms with Gasteiger partial charge in [-0.1, -0.05) is 10.3 Å². The number of hydrogen-bond donors (Lipinski definition) is 2. The van der Waals surface area contributed by atoms with E-state index in [9.17, 15) is 0 Å². The number of aliphatic imine (C=N–C) groups is 2. The van der Waals surface area contributed by atoms with Crippen LogP contribution in [0.5, 0.6) is 0 Å². The molecule has 23 heavy (non-hydrogen) atoms.